The third-order valence-electron chi connectivity index (χ3n) is 1.38. The van der Waals surface area contributed by atoms with E-state index < -0.39 is 18.9 Å². The van der Waals surface area contributed by atoms with E-state index in [1.807, 2.05) is 0 Å². The van der Waals surface area contributed by atoms with Crippen molar-refractivity contribution in [1.82, 2.24) is 19.6 Å². The second-order valence-electron chi connectivity index (χ2n) is 2.62. The van der Waals surface area contributed by atoms with E-state index in [9.17, 15) is 10.1 Å². The van der Waals surface area contributed by atoms with E-state index in [2.05, 4.69) is 10.2 Å². The lowest BCUT2D eigenvalue weighted by atomic mass is 10.6. The lowest BCUT2D eigenvalue weighted by Crippen LogP contribution is -1.86. The van der Waals surface area contributed by atoms with Crippen molar-refractivity contribution in [3.8, 4) is 0 Å². The highest BCUT2D eigenvalue weighted by Crippen LogP contribution is 2.05. The van der Waals surface area contributed by atoms with E-state index >= 15 is 0 Å². The zero-order valence-electron chi connectivity index (χ0n) is 13.9. The van der Waals surface area contributed by atoms with E-state index in [0.717, 1.165) is 17.1 Å². The van der Waals surface area contributed by atoms with Crippen LogP contribution in [0.4, 0.5) is 11.4 Å². The molecule has 0 fully saturated rings. The third-order valence-corrected chi connectivity index (χ3v) is 1.38. The number of aryl methyl sites for hydroxylation is 2. The summed E-state index contributed by atoms with van der Waals surface area (Å²) in [7, 11) is 0. The molecule has 2 aromatic rings. The van der Waals surface area contributed by atoms with Crippen molar-refractivity contribution in [2.75, 3.05) is 5.73 Å². The Kier molecular flexibility index (Phi) is 2.59. The summed E-state index contributed by atoms with van der Waals surface area (Å²) >= 11 is 0. The van der Waals surface area contributed by atoms with Crippen molar-refractivity contribution in [2.24, 2.45) is 14.0 Å². The molecule has 0 saturated carbocycles. The fourth-order valence-electron chi connectivity index (χ4n) is 0.744. The first-order valence-corrected chi connectivity index (χ1v) is 3.91. The number of nitrogen functional groups attached to an aromatic ring is 1. The molecule has 8 heteroatoms. The van der Waals surface area contributed by atoms with Gasteiger partial charge in [-0.2, -0.15) is 10.2 Å². The fraction of sp³-hybridized carbons (Fsp3) is 0.333. The van der Waals surface area contributed by atoms with Crippen LogP contribution in [0.15, 0.2) is 24.8 Å². The van der Waals surface area contributed by atoms with Gasteiger partial charge in [0.15, 0.2) is 0 Å². The minimum absolute atomic E-state index is 0. The van der Waals surface area contributed by atoms with Crippen molar-refractivity contribution in [3.63, 3.8) is 0 Å². The summed E-state index contributed by atoms with van der Waals surface area (Å²) in [6.07, 6.45) is 4.33. The van der Waals surface area contributed by atoms with Gasteiger partial charge in [0, 0.05) is 28.4 Å². The molecule has 0 amide bonds. The van der Waals surface area contributed by atoms with Gasteiger partial charge < -0.3 is 5.73 Å². The average Bonchev–Trinajstić information content (AvgIpc) is 2.95. The Bertz CT molecular complexity index is 645. The fourth-order valence-corrected chi connectivity index (χ4v) is 0.744. The van der Waals surface area contributed by atoms with E-state index in [-0.39, 0.29) is 13.1 Å². The Morgan fingerprint density at radius 1 is 1.35 bits per heavy atom. The Labute approximate surface area is 107 Å². The van der Waals surface area contributed by atoms with Gasteiger partial charge in [0.1, 0.15) is 12.4 Å². The first kappa shape index (κ1) is 7.05. The number of nitrogens with two attached hydrogens (primary N) is 1. The summed E-state index contributed by atoms with van der Waals surface area (Å²) in [4.78, 5) is 9.41. The van der Waals surface area contributed by atoms with Gasteiger partial charge in [-0.05, 0) is 0 Å². The maximum atomic E-state index is 10.1. The summed E-state index contributed by atoms with van der Waals surface area (Å²) in [5.74, 6) is 0. The van der Waals surface area contributed by atoms with Gasteiger partial charge in [-0.15, -0.1) is 0 Å². The highest BCUT2D eigenvalue weighted by molar-refractivity contribution is 5.30. The molecule has 2 N–H and O–H groups in total. The lowest BCUT2D eigenvalue weighted by Gasteiger charge is -1.79. The van der Waals surface area contributed by atoms with Crippen molar-refractivity contribution < 1.29 is 13.1 Å². The van der Waals surface area contributed by atoms with Crippen molar-refractivity contribution in [3.05, 3.63) is 34.9 Å². The standard InChI is InChI=1S/C4H5N3O2.C4H7N3.CH4/c1-6-3-4(2-5-6)7(8)9;1-7-3-4(5)2-6-7;/h2-3H,1H3;2-3H,5H2,1H3;1H4/i2*1D3;. The predicted octanol–water partition coefficient (Wildman–Crippen LogP) is 0.967. The molecule has 0 aliphatic heterocycles. The van der Waals surface area contributed by atoms with Crippen molar-refractivity contribution in [2.45, 2.75) is 7.43 Å². The van der Waals surface area contributed by atoms with Crippen LogP contribution >= 0.6 is 0 Å². The van der Waals surface area contributed by atoms with Gasteiger partial charge in [-0.1, -0.05) is 7.43 Å². The molecule has 0 radical (unpaired) electrons. The summed E-state index contributed by atoms with van der Waals surface area (Å²) in [5, 5.41) is 16.9. The van der Waals surface area contributed by atoms with E-state index in [1.54, 1.807) is 0 Å². The SMILES string of the molecule is C.[2H]C([2H])([2H])n1cc(N)cn1.[2H]C([2H])([2H])n1cc([N+](=O)[O-])cn1. The smallest absolute Gasteiger partial charge is 0.306 e. The van der Waals surface area contributed by atoms with Crippen LogP contribution in [0.1, 0.15) is 15.7 Å². The van der Waals surface area contributed by atoms with E-state index in [1.165, 1.54) is 12.4 Å². The monoisotopic (exact) mass is 246 g/mol. The first-order chi connectivity index (χ1) is 9.91. The average molecular weight is 246 g/mol. The normalized spacial score (nSPS) is 15.5. The largest absolute Gasteiger partial charge is 0.396 e. The molecule has 2 rings (SSSR count). The maximum absolute atomic E-state index is 10.1. The number of anilines is 1. The van der Waals surface area contributed by atoms with E-state index in [4.69, 9.17) is 14.0 Å². The molecule has 8 nitrogen and oxygen atoms in total. The Morgan fingerprint density at radius 2 is 1.94 bits per heavy atom. The van der Waals surface area contributed by atoms with Crippen LogP contribution in [0.5, 0.6) is 0 Å². The Balaban J connectivity index is 0.000000409. The minimum atomic E-state index is -2.45. The highest BCUT2D eigenvalue weighted by Gasteiger charge is 2.05. The number of aromatic nitrogens is 4. The number of hydrogen-bond donors (Lipinski definition) is 1. The molecule has 0 atom stereocenters. The van der Waals surface area contributed by atoms with Crippen LogP contribution in [-0.2, 0) is 14.0 Å². The molecule has 2 heterocycles. The number of nitro groups is 1. The number of rotatable bonds is 1. The number of hydrogen-bond acceptors (Lipinski definition) is 5. The first-order valence-electron chi connectivity index (χ1n) is 6.91. The summed E-state index contributed by atoms with van der Waals surface area (Å²) in [6.45, 7) is -4.66. The molecule has 0 aliphatic carbocycles. The van der Waals surface area contributed by atoms with Gasteiger partial charge in [0.05, 0.1) is 16.8 Å². The van der Waals surface area contributed by atoms with Crippen LogP contribution < -0.4 is 5.73 Å². The maximum Gasteiger partial charge on any atom is 0.306 e. The van der Waals surface area contributed by atoms with Crippen LogP contribution in [0.3, 0.4) is 0 Å². The van der Waals surface area contributed by atoms with E-state index in [0.29, 0.717) is 10.4 Å². The van der Waals surface area contributed by atoms with Crippen molar-refractivity contribution >= 4 is 11.4 Å². The molecule has 17 heavy (non-hydrogen) atoms. The van der Waals surface area contributed by atoms with Crippen LogP contribution in [-0.4, -0.2) is 24.5 Å². The zero-order chi connectivity index (χ0) is 17.1. The predicted molar refractivity (Wildman–Crippen MR) is 64.2 cm³/mol. The van der Waals surface area contributed by atoms with Gasteiger partial charge in [0.2, 0.25) is 0 Å². The molecule has 0 saturated heterocycles. The Morgan fingerprint density at radius 3 is 2.24 bits per heavy atom. The topological polar surface area (TPSA) is 105 Å². The second-order valence-corrected chi connectivity index (χ2v) is 2.62. The van der Waals surface area contributed by atoms with Crippen LogP contribution in [0, 0.1) is 10.1 Å². The van der Waals surface area contributed by atoms with Crippen molar-refractivity contribution in [1.29, 1.82) is 0 Å². The van der Waals surface area contributed by atoms with Gasteiger partial charge in [-0.3, -0.25) is 19.5 Å². The molecule has 0 aromatic carbocycles. The third kappa shape index (κ3) is 4.78. The molecule has 2 aromatic heterocycles. The molecule has 0 bridgehead atoms. The van der Waals surface area contributed by atoms with Crippen LogP contribution in [0.2, 0.25) is 0 Å². The summed E-state index contributed by atoms with van der Waals surface area (Å²) < 4.78 is 42.5. The van der Waals surface area contributed by atoms with Gasteiger partial charge in [0.25, 0.3) is 0 Å². The lowest BCUT2D eigenvalue weighted by molar-refractivity contribution is -0.384. The Hall–Kier alpha value is -2.38. The van der Waals surface area contributed by atoms with Crippen LogP contribution in [0.25, 0.3) is 0 Å². The second kappa shape index (κ2) is 6.26. The minimum Gasteiger partial charge on any atom is -0.396 e. The summed E-state index contributed by atoms with van der Waals surface area (Å²) in [5.41, 5.74) is 5.27. The molecule has 0 unspecified atom stereocenters. The molecular weight excluding hydrogens is 224 g/mol. The zero-order valence-corrected chi connectivity index (χ0v) is 7.94. The molecule has 94 valence electrons. The number of nitrogens with zero attached hydrogens (tertiary/aromatic N) is 5. The molecule has 0 spiro atoms. The summed E-state index contributed by atoms with van der Waals surface area (Å²) in [6, 6.07) is 0. The van der Waals surface area contributed by atoms with Gasteiger partial charge >= 0.3 is 5.69 Å². The molecular formula is C9H16N6O2. The quantitative estimate of drug-likeness (QED) is 0.596. The highest BCUT2D eigenvalue weighted by atomic mass is 16.6. The molecule has 0 aliphatic rings. The van der Waals surface area contributed by atoms with Gasteiger partial charge in [-0.25, -0.2) is 0 Å².